The maximum atomic E-state index is 3.88. The van der Waals surface area contributed by atoms with Crippen molar-refractivity contribution in [1.29, 1.82) is 0 Å². The van der Waals surface area contributed by atoms with Crippen molar-refractivity contribution in [2.75, 3.05) is 0 Å². The Morgan fingerprint density at radius 2 is 1.92 bits per heavy atom. The van der Waals surface area contributed by atoms with Gasteiger partial charge >= 0.3 is 0 Å². The average molecular weight is 237 g/mol. The van der Waals surface area contributed by atoms with Crippen LogP contribution in [0.1, 0.15) is 12.0 Å². The highest BCUT2D eigenvalue weighted by atomic mass is 79.9. The SMILES string of the molecule is C=CC(=C)CCc1ccc(Br)cc1. The smallest absolute Gasteiger partial charge is 0.0175 e. The molecule has 0 unspecified atom stereocenters. The Morgan fingerprint density at radius 3 is 2.46 bits per heavy atom. The van der Waals surface area contributed by atoms with Crippen LogP contribution in [-0.4, -0.2) is 0 Å². The van der Waals surface area contributed by atoms with E-state index in [1.54, 1.807) is 0 Å². The summed E-state index contributed by atoms with van der Waals surface area (Å²) in [5.74, 6) is 0. The van der Waals surface area contributed by atoms with Gasteiger partial charge in [0, 0.05) is 4.47 Å². The zero-order valence-electron chi connectivity index (χ0n) is 7.59. The van der Waals surface area contributed by atoms with Gasteiger partial charge in [-0.1, -0.05) is 52.9 Å². The van der Waals surface area contributed by atoms with Gasteiger partial charge in [0.15, 0.2) is 0 Å². The van der Waals surface area contributed by atoms with Crippen molar-refractivity contribution in [1.82, 2.24) is 0 Å². The Bertz CT molecular complexity index is 295. The van der Waals surface area contributed by atoms with Crippen molar-refractivity contribution in [3.8, 4) is 0 Å². The summed E-state index contributed by atoms with van der Waals surface area (Å²) in [6, 6.07) is 8.37. The molecule has 0 saturated carbocycles. The molecule has 13 heavy (non-hydrogen) atoms. The second-order valence-corrected chi connectivity index (χ2v) is 3.90. The van der Waals surface area contributed by atoms with Crippen molar-refractivity contribution >= 4 is 15.9 Å². The molecule has 0 aliphatic heterocycles. The third-order valence-corrected chi connectivity index (χ3v) is 2.47. The van der Waals surface area contributed by atoms with Crippen molar-refractivity contribution in [3.05, 3.63) is 59.1 Å². The molecule has 0 spiro atoms. The quantitative estimate of drug-likeness (QED) is 0.691. The van der Waals surface area contributed by atoms with Crippen LogP contribution in [0.2, 0.25) is 0 Å². The third-order valence-electron chi connectivity index (χ3n) is 1.94. The summed E-state index contributed by atoms with van der Waals surface area (Å²) in [5.41, 5.74) is 2.44. The molecule has 0 aromatic heterocycles. The van der Waals surface area contributed by atoms with Gasteiger partial charge in [-0.15, -0.1) is 0 Å². The van der Waals surface area contributed by atoms with Gasteiger partial charge in [0.25, 0.3) is 0 Å². The largest absolute Gasteiger partial charge is 0.0988 e. The molecule has 1 aromatic carbocycles. The van der Waals surface area contributed by atoms with Gasteiger partial charge in [-0.05, 0) is 30.5 Å². The highest BCUT2D eigenvalue weighted by Gasteiger charge is 1.93. The zero-order valence-corrected chi connectivity index (χ0v) is 9.18. The lowest BCUT2D eigenvalue weighted by atomic mass is 10.1. The van der Waals surface area contributed by atoms with E-state index >= 15 is 0 Å². The summed E-state index contributed by atoms with van der Waals surface area (Å²) in [4.78, 5) is 0. The number of allylic oxidation sites excluding steroid dienone is 2. The van der Waals surface area contributed by atoms with E-state index in [0.29, 0.717) is 0 Å². The minimum atomic E-state index is 0.991. The van der Waals surface area contributed by atoms with E-state index < -0.39 is 0 Å². The molecule has 0 radical (unpaired) electrons. The monoisotopic (exact) mass is 236 g/mol. The van der Waals surface area contributed by atoms with Crippen LogP contribution < -0.4 is 0 Å². The predicted molar refractivity (Wildman–Crippen MR) is 61.8 cm³/mol. The first-order chi connectivity index (χ1) is 6.22. The first-order valence-electron chi connectivity index (χ1n) is 4.27. The standard InChI is InChI=1S/C12H13Br/c1-3-10(2)4-5-11-6-8-12(13)9-7-11/h3,6-9H,1-2,4-5H2. The van der Waals surface area contributed by atoms with Crippen LogP contribution in [0.15, 0.2) is 53.5 Å². The average Bonchev–Trinajstić information content (AvgIpc) is 2.16. The minimum Gasteiger partial charge on any atom is -0.0988 e. The summed E-state index contributed by atoms with van der Waals surface area (Å²) in [6.07, 6.45) is 3.85. The van der Waals surface area contributed by atoms with Crippen molar-refractivity contribution in [2.24, 2.45) is 0 Å². The van der Waals surface area contributed by atoms with E-state index in [9.17, 15) is 0 Å². The molecule has 1 heteroatoms. The molecule has 0 nitrogen and oxygen atoms in total. The second-order valence-electron chi connectivity index (χ2n) is 2.99. The number of halogens is 1. The number of hydrogen-bond acceptors (Lipinski definition) is 0. The molecule has 0 amide bonds. The number of rotatable bonds is 4. The van der Waals surface area contributed by atoms with Crippen molar-refractivity contribution in [3.63, 3.8) is 0 Å². The summed E-state index contributed by atoms with van der Waals surface area (Å²) in [7, 11) is 0. The molecule has 0 heterocycles. The van der Waals surface area contributed by atoms with Gasteiger partial charge in [-0.2, -0.15) is 0 Å². The number of aryl methyl sites for hydroxylation is 1. The molecule has 0 saturated heterocycles. The first kappa shape index (κ1) is 10.3. The Morgan fingerprint density at radius 1 is 1.31 bits per heavy atom. The van der Waals surface area contributed by atoms with E-state index in [0.717, 1.165) is 22.9 Å². The van der Waals surface area contributed by atoms with Gasteiger partial charge in [0.2, 0.25) is 0 Å². The summed E-state index contributed by atoms with van der Waals surface area (Å²) >= 11 is 3.41. The van der Waals surface area contributed by atoms with Crippen LogP contribution in [0, 0.1) is 0 Å². The van der Waals surface area contributed by atoms with Crippen LogP contribution in [0.3, 0.4) is 0 Å². The van der Waals surface area contributed by atoms with E-state index in [4.69, 9.17) is 0 Å². The molecule has 0 aliphatic carbocycles. The van der Waals surface area contributed by atoms with Gasteiger partial charge < -0.3 is 0 Å². The van der Waals surface area contributed by atoms with Gasteiger partial charge in [-0.25, -0.2) is 0 Å². The van der Waals surface area contributed by atoms with Crippen LogP contribution >= 0.6 is 15.9 Å². The fraction of sp³-hybridized carbons (Fsp3) is 0.167. The third kappa shape index (κ3) is 3.60. The Balaban J connectivity index is 2.50. The zero-order chi connectivity index (χ0) is 9.68. The molecule has 0 N–H and O–H groups in total. The van der Waals surface area contributed by atoms with E-state index in [1.807, 2.05) is 6.08 Å². The highest BCUT2D eigenvalue weighted by Crippen LogP contribution is 2.13. The highest BCUT2D eigenvalue weighted by molar-refractivity contribution is 9.10. The maximum Gasteiger partial charge on any atom is 0.0175 e. The summed E-state index contributed by atoms with van der Waals surface area (Å²) in [5, 5.41) is 0. The normalized spacial score (nSPS) is 9.62. The molecule has 0 aliphatic rings. The molecular weight excluding hydrogens is 224 g/mol. The second kappa shape index (κ2) is 5.03. The molecule has 1 rings (SSSR count). The van der Waals surface area contributed by atoms with E-state index in [1.165, 1.54) is 5.56 Å². The lowest BCUT2D eigenvalue weighted by Gasteiger charge is -2.01. The van der Waals surface area contributed by atoms with Crippen LogP contribution in [0.5, 0.6) is 0 Å². The minimum absolute atomic E-state index is 0.991. The number of benzene rings is 1. The molecule has 1 aromatic rings. The fourth-order valence-electron chi connectivity index (χ4n) is 1.06. The molecule has 0 bridgehead atoms. The molecular formula is C12H13Br. The maximum absolute atomic E-state index is 3.88. The number of hydrogen-bond donors (Lipinski definition) is 0. The van der Waals surface area contributed by atoms with Crippen LogP contribution in [-0.2, 0) is 6.42 Å². The van der Waals surface area contributed by atoms with Gasteiger partial charge in [0.1, 0.15) is 0 Å². The molecule has 0 fully saturated rings. The van der Waals surface area contributed by atoms with Crippen LogP contribution in [0.4, 0.5) is 0 Å². The fourth-order valence-corrected chi connectivity index (χ4v) is 1.32. The lowest BCUT2D eigenvalue weighted by Crippen LogP contribution is -1.85. The van der Waals surface area contributed by atoms with Gasteiger partial charge in [-0.3, -0.25) is 0 Å². The molecule has 68 valence electrons. The van der Waals surface area contributed by atoms with E-state index in [-0.39, 0.29) is 0 Å². The lowest BCUT2D eigenvalue weighted by molar-refractivity contribution is 0.969. The summed E-state index contributed by atoms with van der Waals surface area (Å²) < 4.78 is 1.12. The topological polar surface area (TPSA) is 0 Å². The Kier molecular flexibility index (Phi) is 3.97. The Hall–Kier alpha value is -0.820. The first-order valence-corrected chi connectivity index (χ1v) is 5.06. The van der Waals surface area contributed by atoms with Crippen molar-refractivity contribution < 1.29 is 0 Å². The Labute approximate surface area is 88.1 Å². The van der Waals surface area contributed by atoms with Crippen LogP contribution in [0.25, 0.3) is 0 Å². The van der Waals surface area contributed by atoms with Gasteiger partial charge in [0.05, 0.1) is 0 Å². The summed E-state index contributed by atoms with van der Waals surface area (Å²) in [6.45, 7) is 7.56. The predicted octanol–water partition coefficient (Wildman–Crippen LogP) is 4.12. The molecule has 0 atom stereocenters. The van der Waals surface area contributed by atoms with E-state index in [2.05, 4.69) is 53.4 Å². The van der Waals surface area contributed by atoms with Crippen molar-refractivity contribution in [2.45, 2.75) is 12.8 Å².